The lowest BCUT2D eigenvalue weighted by molar-refractivity contribution is -0.126. The van der Waals surface area contributed by atoms with E-state index in [4.69, 9.17) is 16.0 Å². The van der Waals surface area contributed by atoms with Crippen LogP contribution in [-0.2, 0) is 23.4 Å². The van der Waals surface area contributed by atoms with Crippen molar-refractivity contribution in [3.63, 3.8) is 0 Å². The number of hydrogen-bond acceptors (Lipinski definition) is 4. The number of carbonyl (C=O) groups is 2. The Kier molecular flexibility index (Phi) is 5.44. The molecule has 1 aromatic heterocycles. The van der Waals surface area contributed by atoms with Crippen molar-refractivity contribution in [3.8, 4) is 0 Å². The first-order valence-electron chi connectivity index (χ1n) is 13.0. The molecule has 0 N–H and O–H groups in total. The third-order valence-corrected chi connectivity index (χ3v) is 8.23. The van der Waals surface area contributed by atoms with Crippen LogP contribution in [0.3, 0.4) is 0 Å². The molecule has 0 bridgehead atoms. The Balaban J connectivity index is 1.53. The van der Waals surface area contributed by atoms with Gasteiger partial charge in [0.15, 0.2) is 11.0 Å². The van der Waals surface area contributed by atoms with Gasteiger partial charge in [0.25, 0.3) is 11.8 Å². The molecule has 2 aliphatic rings. The minimum Gasteiger partial charge on any atom is -0.450 e. The van der Waals surface area contributed by atoms with Crippen molar-refractivity contribution in [1.82, 2.24) is 4.90 Å². The summed E-state index contributed by atoms with van der Waals surface area (Å²) in [6, 6.07) is 29.4. The molecule has 0 saturated carbocycles. The molecule has 7 rings (SSSR count). The van der Waals surface area contributed by atoms with Crippen molar-refractivity contribution < 1.29 is 14.0 Å². The Morgan fingerprint density at radius 1 is 0.825 bits per heavy atom. The van der Waals surface area contributed by atoms with E-state index in [-0.39, 0.29) is 35.7 Å². The van der Waals surface area contributed by atoms with Gasteiger partial charge in [0.1, 0.15) is 5.58 Å². The number of aryl methyl sites for hydroxylation is 1. The highest BCUT2D eigenvalue weighted by atomic mass is 35.5. The molecular weight excluding hydrogens is 524 g/mol. The molecule has 6 nitrogen and oxygen atoms in total. The number of halogens is 1. The number of rotatable bonds is 4. The second kappa shape index (κ2) is 8.93. The van der Waals surface area contributed by atoms with Crippen molar-refractivity contribution in [2.75, 3.05) is 4.90 Å². The first-order valence-corrected chi connectivity index (χ1v) is 13.4. The molecule has 5 aromatic rings. The zero-order chi connectivity index (χ0) is 27.6. The van der Waals surface area contributed by atoms with E-state index in [9.17, 15) is 14.4 Å². The summed E-state index contributed by atoms with van der Waals surface area (Å²) in [5, 5.41) is 0.790. The minimum atomic E-state index is -1.71. The van der Waals surface area contributed by atoms with Crippen molar-refractivity contribution in [1.29, 1.82) is 0 Å². The summed E-state index contributed by atoms with van der Waals surface area (Å²) < 4.78 is 6.16. The summed E-state index contributed by atoms with van der Waals surface area (Å²) in [5.74, 6) is -1.02. The molecule has 196 valence electrons. The van der Waals surface area contributed by atoms with Crippen LogP contribution in [0.2, 0.25) is 5.02 Å². The molecule has 0 radical (unpaired) electrons. The van der Waals surface area contributed by atoms with Gasteiger partial charge in [-0.2, -0.15) is 0 Å². The van der Waals surface area contributed by atoms with Crippen LogP contribution in [0.15, 0.2) is 106 Å². The van der Waals surface area contributed by atoms with E-state index in [1.54, 1.807) is 29.2 Å². The van der Waals surface area contributed by atoms with Gasteiger partial charge in [0, 0.05) is 17.1 Å². The Morgan fingerprint density at radius 2 is 1.55 bits per heavy atom. The van der Waals surface area contributed by atoms with E-state index in [1.807, 2.05) is 79.7 Å². The van der Waals surface area contributed by atoms with Gasteiger partial charge >= 0.3 is 0 Å². The molecule has 1 atom stereocenters. The lowest BCUT2D eigenvalue weighted by Crippen LogP contribution is -2.53. The highest BCUT2D eigenvalue weighted by Crippen LogP contribution is 2.53. The maximum Gasteiger partial charge on any atom is 0.291 e. The number of anilines is 1. The molecule has 40 heavy (non-hydrogen) atoms. The molecular formula is C33H23ClN2O4. The normalized spacial score (nSPS) is 17.6. The van der Waals surface area contributed by atoms with Crippen LogP contribution in [0.4, 0.5) is 5.69 Å². The molecule has 7 heteroatoms. The first-order chi connectivity index (χ1) is 19.4. The second-order valence-electron chi connectivity index (χ2n) is 10.2. The molecule has 4 aromatic carbocycles. The highest BCUT2D eigenvalue weighted by molar-refractivity contribution is 6.31. The summed E-state index contributed by atoms with van der Waals surface area (Å²) in [4.78, 5) is 46.5. The molecule has 2 amide bonds. The summed E-state index contributed by atoms with van der Waals surface area (Å²) in [6.45, 7) is 2.17. The fourth-order valence-electron chi connectivity index (χ4n) is 6.05. The largest absolute Gasteiger partial charge is 0.450 e. The van der Waals surface area contributed by atoms with Crippen LogP contribution in [0.25, 0.3) is 11.0 Å². The zero-order valence-electron chi connectivity index (χ0n) is 21.6. The number of benzene rings is 4. The van der Waals surface area contributed by atoms with Crippen molar-refractivity contribution in [3.05, 3.63) is 146 Å². The van der Waals surface area contributed by atoms with Gasteiger partial charge in [0.2, 0.25) is 5.76 Å². The van der Waals surface area contributed by atoms with E-state index in [0.29, 0.717) is 32.8 Å². The van der Waals surface area contributed by atoms with E-state index >= 15 is 0 Å². The van der Waals surface area contributed by atoms with Gasteiger partial charge in [-0.3, -0.25) is 14.4 Å². The van der Waals surface area contributed by atoms with Crippen molar-refractivity contribution in [2.45, 2.75) is 25.6 Å². The molecule has 0 saturated heterocycles. The molecule has 1 unspecified atom stereocenters. The predicted molar refractivity (Wildman–Crippen MR) is 153 cm³/mol. The third kappa shape index (κ3) is 3.32. The second-order valence-corrected chi connectivity index (χ2v) is 10.6. The van der Waals surface area contributed by atoms with Gasteiger partial charge < -0.3 is 14.2 Å². The lowest BCUT2D eigenvalue weighted by atomic mass is 9.83. The van der Waals surface area contributed by atoms with Gasteiger partial charge in [-0.25, -0.2) is 0 Å². The Bertz CT molecular complexity index is 1920. The van der Waals surface area contributed by atoms with Crippen molar-refractivity contribution >= 4 is 40.1 Å². The van der Waals surface area contributed by atoms with Crippen molar-refractivity contribution in [2.24, 2.45) is 0 Å². The predicted octanol–water partition coefficient (Wildman–Crippen LogP) is 6.20. The number of amides is 2. The number of carbonyl (C=O) groups excluding carboxylic acids is 2. The fourth-order valence-corrected chi connectivity index (χ4v) is 6.24. The number of hydrogen-bond donors (Lipinski definition) is 0. The van der Waals surface area contributed by atoms with Crippen LogP contribution >= 0.6 is 11.6 Å². The van der Waals surface area contributed by atoms with Gasteiger partial charge in [-0.15, -0.1) is 0 Å². The number of fused-ring (bicyclic) bond motifs is 5. The summed E-state index contributed by atoms with van der Waals surface area (Å²) >= 11 is 6.54. The summed E-state index contributed by atoms with van der Waals surface area (Å²) in [7, 11) is 0. The van der Waals surface area contributed by atoms with Crippen LogP contribution in [-0.4, -0.2) is 16.7 Å². The van der Waals surface area contributed by atoms with E-state index in [0.717, 1.165) is 11.1 Å². The average Bonchev–Trinajstić information content (AvgIpc) is 3.35. The lowest BCUT2D eigenvalue weighted by Gasteiger charge is -2.34. The Hall–Kier alpha value is -4.68. The van der Waals surface area contributed by atoms with E-state index < -0.39 is 11.4 Å². The minimum absolute atomic E-state index is 0.0107. The van der Waals surface area contributed by atoms with Crippen LogP contribution < -0.4 is 10.3 Å². The van der Waals surface area contributed by atoms with Gasteiger partial charge in [0.05, 0.1) is 23.2 Å². The smallest absolute Gasteiger partial charge is 0.291 e. The van der Waals surface area contributed by atoms with E-state index in [1.165, 1.54) is 4.90 Å². The first kappa shape index (κ1) is 24.4. The van der Waals surface area contributed by atoms with E-state index in [2.05, 4.69) is 0 Å². The highest BCUT2D eigenvalue weighted by Gasteiger charge is 2.65. The molecule has 3 heterocycles. The summed E-state index contributed by atoms with van der Waals surface area (Å²) in [5.41, 5.74) is 1.91. The maximum atomic E-state index is 14.9. The molecule has 2 aliphatic heterocycles. The fraction of sp³-hybridized carbons (Fsp3) is 0.121. The van der Waals surface area contributed by atoms with Gasteiger partial charge in [-0.05, 0) is 42.3 Å². The maximum absolute atomic E-state index is 14.9. The molecule has 0 fully saturated rings. The molecule has 0 aliphatic carbocycles. The number of nitrogens with zero attached hydrogens (tertiary/aromatic N) is 2. The van der Waals surface area contributed by atoms with Crippen LogP contribution in [0.1, 0.15) is 38.4 Å². The standard InChI is InChI=1S/C33H23ClN2O4/c1-20-15-16-27-23(17-20)29(37)28-30(40-27)31(38)36(19-22-11-5-7-13-25(22)34)33(28)24-12-6-8-14-26(24)35(32(33)39)18-21-9-3-2-4-10-21/h2-17H,18-19H2,1H3. The van der Waals surface area contributed by atoms with Gasteiger partial charge in [-0.1, -0.05) is 90.0 Å². The molecule has 1 spiro atoms. The van der Waals surface area contributed by atoms with Crippen LogP contribution in [0.5, 0.6) is 0 Å². The SMILES string of the molecule is Cc1ccc2oc3c(c(=O)c2c1)C1(C(=O)N(Cc2ccccc2)c2ccccc21)N(Cc1ccccc1Cl)C3=O. The monoisotopic (exact) mass is 546 g/mol. The Labute approximate surface area is 235 Å². The number of para-hydroxylation sites is 1. The quantitative estimate of drug-likeness (QED) is 0.269. The third-order valence-electron chi connectivity index (χ3n) is 7.86. The topological polar surface area (TPSA) is 70.8 Å². The Morgan fingerprint density at radius 3 is 2.35 bits per heavy atom. The average molecular weight is 547 g/mol. The zero-order valence-corrected chi connectivity index (χ0v) is 22.3. The van der Waals surface area contributed by atoms with Crippen LogP contribution in [0, 0.1) is 6.92 Å². The summed E-state index contributed by atoms with van der Waals surface area (Å²) in [6.07, 6.45) is 0.